The molecule has 0 aliphatic carbocycles. The monoisotopic (exact) mass is 353 g/mol. The van der Waals surface area contributed by atoms with Crippen molar-refractivity contribution in [3.05, 3.63) is 28.2 Å². The lowest BCUT2D eigenvalue weighted by molar-refractivity contribution is -0.128. The maximum atomic E-state index is 12.0. The molecule has 2 rings (SSSR count). The normalized spacial score (nSPS) is 21.6. The Morgan fingerprint density at radius 1 is 1.48 bits per heavy atom. The van der Waals surface area contributed by atoms with Gasteiger partial charge >= 0.3 is 0 Å². The molecule has 1 aliphatic rings. The van der Waals surface area contributed by atoms with Crippen LogP contribution >= 0.6 is 15.9 Å². The predicted molar refractivity (Wildman–Crippen MR) is 90.5 cm³/mol. The van der Waals surface area contributed by atoms with Crippen LogP contribution in [0.4, 0.5) is 5.69 Å². The number of carbonyl (C=O) groups is 1. The molecule has 0 saturated carbocycles. The number of nitrogens with one attached hydrogen (secondary N) is 2. The summed E-state index contributed by atoms with van der Waals surface area (Å²) >= 11 is 3.67. The van der Waals surface area contributed by atoms with Gasteiger partial charge in [0.1, 0.15) is 0 Å². The van der Waals surface area contributed by atoms with Crippen LogP contribution in [0.25, 0.3) is 0 Å². The summed E-state index contributed by atoms with van der Waals surface area (Å²) in [6.07, 6.45) is 0.887. The summed E-state index contributed by atoms with van der Waals surface area (Å²) < 4.78 is 1.10. The molecule has 1 unspecified atom stereocenters. The minimum absolute atomic E-state index is 0.130. The lowest BCUT2D eigenvalue weighted by Gasteiger charge is -2.25. The largest absolute Gasteiger partial charge is 0.370 e. The quantitative estimate of drug-likeness (QED) is 0.854. The van der Waals surface area contributed by atoms with E-state index in [1.165, 1.54) is 11.3 Å². The molecule has 116 valence electrons. The minimum atomic E-state index is -0.295. The molecule has 1 saturated heterocycles. The Balaban J connectivity index is 2.11. The van der Waals surface area contributed by atoms with Crippen molar-refractivity contribution >= 4 is 27.5 Å². The Morgan fingerprint density at radius 2 is 2.24 bits per heavy atom. The zero-order valence-corrected chi connectivity index (χ0v) is 14.6. The van der Waals surface area contributed by atoms with Gasteiger partial charge in [-0.05, 0) is 53.5 Å². The van der Waals surface area contributed by atoms with Gasteiger partial charge in [-0.3, -0.25) is 4.79 Å². The lowest BCUT2D eigenvalue weighted by Crippen LogP contribution is -2.39. The SMILES string of the molecule is CCNCc1ccc(N2CCC(C)(C(=O)NC)C2)c(Br)c1. The number of hydrogen-bond donors (Lipinski definition) is 2. The third-order valence-electron chi connectivity index (χ3n) is 4.18. The van der Waals surface area contributed by atoms with E-state index in [2.05, 4.69) is 56.6 Å². The fraction of sp³-hybridized carbons (Fsp3) is 0.562. The van der Waals surface area contributed by atoms with E-state index in [0.29, 0.717) is 0 Å². The van der Waals surface area contributed by atoms with Gasteiger partial charge in [-0.1, -0.05) is 13.0 Å². The van der Waals surface area contributed by atoms with Crippen molar-refractivity contribution in [3.63, 3.8) is 0 Å². The molecule has 1 amide bonds. The van der Waals surface area contributed by atoms with E-state index in [1.54, 1.807) is 7.05 Å². The Morgan fingerprint density at radius 3 is 2.86 bits per heavy atom. The fourth-order valence-corrected chi connectivity index (χ4v) is 3.52. The smallest absolute Gasteiger partial charge is 0.227 e. The van der Waals surface area contributed by atoms with E-state index in [9.17, 15) is 4.79 Å². The molecule has 1 heterocycles. The zero-order chi connectivity index (χ0) is 15.5. The Labute approximate surface area is 135 Å². The maximum Gasteiger partial charge on any atom is 0.227 e. The van der Waals surface area contributed by atoms with Crippen LogP contribution in [0, 0.1) is 5.41 Å². The second-order valence-corrected chi connectivity index (χ2v) is 6.73. The minimum Gasteiger partial charge on any atom is -0.370 e. The first-order chi connectivity index (χ1) is 10.00. The molecule has 21 heavy (non-hydrogen) atoms. The summed E-state index contributed by atoms with van der Waals surface area (Å²) in [5.41, 5.74) is 2.14. The number of anilines is 1. The summed E-state index contributed by atoms with van der Waals surface area (Å²) in [6, 6.07) is 6.46. The second kappa shape index (κ2) is 6.79. The molecule has 0 spiro atoms. The van der Waals surface area contributed by atoms with Crippen LogP contribution in [-0.4, -0.2) is 32.6 Å². The molecule has 1 atom stereocenters. The molecule has 1 fully saturated rings. The van der Waals surface area contributed by atoms with Crippen LogP contribution in [0.5, 0.6) is 0 Å². The highest BCUT2D eigenvalue weighted by molar-refractivity contribution is 9.10. The topological polar surface area (TPSA) is 44.4 Å². The highest BCUT2D eigenvalue weighted by atomic mass is 79.9. The third-order valence-corrected chi connectivity index (χ3v) is 4.82. The first kappa shape index (κ1) is 16.3. The van der Waals surface area contributed by atoms with Crippen LogP contribution in [0.2, 0.25) is 0 Å². The van der Waals surface area contributed by atoms with E-state index in [1.807, 2.05) is 6.92 Å². The van der Waals surface area contributed by atoms with Crippen LogP contribution in [-0.2, 0) is 11.3 Å². The molecule has 1 aliphatic heterocycles. The van der Waals surface area contributed by atoms with Gasteiger partial charge in [-0.2, -0.15) is 0 Å². The number of rotatable bonds is 5. The molecular formula is C16H24BrN3O. The number of carbonyl (C=O) groups excluding carboxylic acids is 1. The maximum absolute atomic E-state index is 12.0. The standard InChI is InChI=1S/C16H24BrN3O/c1-4-19-10-12-5-6-14(13(17)9-12)20-8-7-16(2,11-20)15(21)18-3/h5-6,9,19H,4,7-8,10-11H2,1-3H3,(H,18,21). The van der Waals surface area contributed by atoms with E-state index < -0.39 is 0 Å². The van der Waals surface area contributed by atoms with Gasteiger partial charge in [-0.25, -0.2) is 0 Å². The van der Waals surface area contributed by atoms with Crippen molar-refractivity contribution in [1.82, 2.24) is 10.6 Å². The molecule has 4 nitrogen and oxygen atoms in total. The average Bonchev–Trinajstić information content (AvgIpc) is 2.87. The Hall–Kier alpha value is -1.07. The fourth-order valence-electron chi connectivity index (χ4n) is 2.84. The highest BCUT2D eigenvalue weighted by Gasteiger charge is 2.40. The van der Waals surface area contributed by atoms with Gasteiger partial charge in [0.05, 0.1) is 11.1 Å². The van der Waals surface area contributed by atoms with Crippen LogP contribution in [0.1, 0.15) is 25.8 Å². The second-order valence-electron chi connectivity index (χ2n) is 5.88. The van der Waals surface area contributed by atoms with Crippen molar-refractivity contribution in [2.24, 2.45) is 5.41 Å². The van der Waals surface area contributed by atoms with Gasteiger partial charge in [0.2, 0.25) is 5.91 Å². The summed E-state index contributed by atoms with van der Waals surface area (Å²) in [5, 5.41) is 6.11. The van der Waals surface area contributed by atoms with E-state index in [4.69, 9.17) is 0 Å². The summed E-state index contributed by atoms with van der Waals surface area (Å²) in [6.45, 7) is 7.67. The van der Waals surface area contributed by atoms with Crippen molar-refractivity contribution < 1.29 is 4.79 Å². The number of nitrogens with zero attached hydrogens (tertiary/aromatic N) is 1. The van der Waals surface area contributed by atoms with Crippen LogP contribution in [0.3, 0.4) is 0 Å². The summed E-state index contributed by atoms with van der Waals surface area (Å²) in [7, 11) is 1.71. The number of amides is 1. The van der Waals surface area contributed by atoms with Gasteiger partial charge in [0.25, 0.3) is 0 Å². The van der Waals surface area contributed by atoms with Crippen molar-refractivity contribution in [1.29, 1.82) is 0 Å². The number of benzene rings is 1. The number of hydrogen-bond acceptors (Lipinski definition) is 3. The Bertz CT molecular complexity index is 520. The van der Waals surface area contributed by atoms with Gasteiger partial charge in [0, 0.05) is 31.2 Å². The van der Waals surface area contributed by atoms with Crippen LogP contribution < -0.4 is 15.5 Å². The average molecular weight is 354 g/mol. The molecular weight excluding hydrogens is 330 g/mol. The molecule has 0 bridgehead atoms. The predicted octanol–water partition coefficient (Wildman–Crippen LogP) is 2.52. The molecule has 1 aromatic carbocycles. The van der Waals surface area contributed by atoms with Gasteiger partial charge < -0.3 is 15.5 Å². The Kier molecular flexibility index (Phi) is 5.27. The van der Waals surface area contributed by atoms with E-state index >= 15 is 0 Å². The van der Waals surface area contributed by atoms with E-state index in [0.717, 1.165) is 37.1 Å². The first-order valence-electron chi connectivity index (χ1n) is 7.46. The van der Waals surface area contributed by atoms with Crippen molar-refractivity contribution in [2.45, 2.75) is 26.8 Å². The molecule has 0 aromatic heterocycles. The van der Waals surface area contributed by atoms with Gasteiger partial charge in [0.15, 0.2) is 0 Å². The van der Waals surface area contributed by atoms with Crippen molar-refractivity contribution in [2.75, 3.05) is 31.6 Å². The summed E-state index contributed by atoms with van der Waals surface area (Å²) in [5.74, 6) is 0.130. The van der Waals surface area contributed by atoms with E-state index in [-0.39, 0.29) is 11.3 Å². The lowest BCUT2D eigenvalue weighted by atomic mass is 9.89. The van der Waals surface area contributed by atoms with Gasteiger partial charge in [-0.15, -0.1) is 0 Å². The third kappa shape index (κ3) is 3.58. The zero-order valence-electron chi connectivity index (χ0n) is 13.0. The molecule has 2 N–H and O–H groups in total. The first-order valence-corrected chi connectivity index (χ1v) is 8.26. The highest BCUT2D eigenvalue weighted by Crippen LogP contribution is 2.36. The molecule has 5 heteroatoms. The van der Waals surface area contributed by atoms with Crippen molar-refractivity contribution in [3.8, 4) is 0 Å². The summed E-state index contributed by atoms with van der Waals surface area (Å²) in [4.78, 5) is 14.3. The molecule has 1 aromatic rings. The molecule has 0 radical (unpaired) electrons. The van der Waals surface area contributed by atoms with Crippen LogP contribution in [0.15, 0.2) is 22.7 Å². The number of halogens is 1.